The second kappa shape index (κ2) is 6.75. The van der Waals surface area contributed by atoms with Crippen LogP contribution in [0.1, 0.15) is 30.6 Å². The predicted octanol–water partition coefficient (Wildman–Crippen LogP) is 4.15. The fraction of sp³-hybridized carbons (Fsp3) is 0.167. The second-order valence-electron chi connectivity index (χ2n) is 4.74. The summed E-state index contributed by atoms with van der Waals surface area (Å²) in [6, 6.07) is 10.9. The summed E-state index contributed by atoms with van der Waals surface area (Å²) in [5, 5.41) is 14.7. The Kier molecular flexibility index (Phi) is 4.77. The van der Waals surface area contributed by atoms with Gasteiger partial charge in [0, 0.05) is 5.70 Å². The van der Waals surface area contributed by atoms with Gasteiger partial charge in [0.05, 0.1) is 5.56 Å². The molecule has 2 aromatic carbocycles. The first kappa shape index (κ1) is 14.9. The SMILES string of the molecule is C/C=C\C(=C/CC)NC(=O)c1cc2ccccc2cc1O. The van der Waals surface area contributed by atoms with Gasteiger partial charge in [-0.3, -0.25) is 4.79 Å². The molecule has 0 aromatic heterocycles. The van der Waals surface area contributed by atoms with E-state index in [0.717, 1.165) is 22.9 Å². The van der Waals surface area contributed by atoms with E-state index in [1.807, 2.05) is 56.3 Å². The number of fused-ring (bicyclic) bond motifs is 1. The van der Waals surface area contributed by atoms with Crippen LogP contribution in [0.4, 0.5) is 0 Å². The second-order valence-corrected chi connectivity index (χ2v) is 4.74. The van der Waals surface area contributed by atoms with Crippen molar-refractivity contribution in [2.75, 3.05) is 0 Å². The third kappa shape index (κ3) is 3.51. The molecule has 0 fully saturated rings. The van der Waals surface area contributed by atoms with Crippen LogP contribution in [0.5, 0.6) is 5.75 Å². The van der Waals surface area contributed by atoms with E-state index in [2.05, 4.69) is 5.32 Å². The van der Waals surface area contributed by atoms with E-state index in [9.17, 15) is 9.90 Å². The first-order valence-electron chi connectivity index (χ1n) is 7.01. The molecule has 0 unspecified atom stereocenters. The van der Waals surface area contributed by atoms with E-state index in [1.54, 1.807) is 12.1 Å². The Labute approximate surface area is 124 Å². The summed E-state index contributed by atoms with van der Waals surface area (Å²) in [7, 11) is 0. The first-order chi connectivity index (χ1) is 10.2. The molecule has 0 aliphatic rings. The minimum Gasteiger partial charge on any atom is -0.507 e. The molecule has 0 aliphatic carbocycles. The van der Waals surface area contributed by atoms with Crippen LogP contribution in [0.2, 0.25) is 0 Å². The van der Waals surface area contributed by atoms with Crippen LogP contribution < -0.4 is 5.32 Å². The van der Waals surface area contributed by atoms with Gasteiger partial charge in [-0.25, -0.2) is 0 Å². The summed E-state index contributed by atoms with van der Waals surface area (Å²) in [6.07, 6.45) is 6.45. The Hall–Kier alpha value is -2.55. The highest BCUT2D eigenvalue weighted by Crippen LogP contribution is 2.25. The third-order valence-corrected chi connectivity index (χ3v) is 3.14. The molecule has 3 nitrogen and oxygen atoms in total. The maximum absolute atomic E-state index is 12.3. The van der Waals surface area contributed by atoms with Gasteiger partial charge >= 0.3 is 0 Å². The normalized spacial score (nSPS) is 12.0. The van der Waals surface area contributed by atoms with E-state index in [1.165, 1.54) is 0 Å². The first-order valence-corrected chi connectivity index (χ1v) is 7.01. The molecule has 0 atom stereocenters. The molecular formula is C18H19NO2. The molecule has 21 heavy (non-hydrogen) atoms. The molecule has 0 saturated heterocycles. The number of nitrogens with one attached hydrogen (secondary N) is 1. The maximum atomic E-state index is 12.3. The van der Waals surface area contributed by atoms with Gasteiger partial charge in [-0.1, -0.05) is 43.3 Å². The van der Waals surface area contributed by atoms with Crippen molar-refractivity contribution in [3.05, 3.63) is 65.9 Å². The summed E-state index contributed by atoms with van der Waals surface area (Å²) in [5.41, 5.74) is 1.01. The highest BCUT2D eigenvalue weighted by Gasteiger charge is 2.12. The zero-order valence-corrected chi connectivity index (χ0v) is 12.3. The predicted molar refractivity (Wildman–Crippen MR) is 86.3 cm³/mol. The van der Waals surface area contributed by atoms with Crippen LogP contribution in [0, 0.1) is 0 Å². The Morgan fingerprint density at radius 1 is 1.24 bits per heavy atom. The van der Waals surface area contributed by atoms with Gasteiger partial charge in [0.25, 0.3) is 5.91 Å². The van der Waals surface area contributed by atoms with Crippen LogP contribution >= 0.6 is 0 Å². The number of carbonyl (C=O) groups is 1. The molecule has 3 heteroatoms. The standard InChI is InChI=1S/C18H19NO2/c1-3-7-15(8-4-2)19-18(21)16-11-13-9-5-6-10-14(13)12-17(16)20/h3,5-12,20H,4H2,1-2H3,(H,19,21)/b7-3-,15-8+. The van der Waals surface area contributed by atoms with Crippen LogP contribution in [0.25, 0.3) is 10.8 Å². The van der Waals surface area contributed by atoms with Crippen molar-refractivity contribution in [3.63, 3.8) is 0 Å². The number of phenols is 1. The van der Waals surface area contributed by atoms with E-state index in [0.29, 0.717) is 0 Å². The molecule has 0 radical (unpaired) electrons. The minimum absolute atomic E-state index is 0.0115. The highest BCUT2D eigenvalue weighted by atomic mass is 16.3. The fourth-order valence-corrected chi connectivity index (χ4v) is 2.17. The van der Waals surface area contributed by atoms with Crippen LogP contribution in [-0.4, -0.2) is 11.0 Å². The average molecular weight is 281 g/mol. The molecule has 0 heterocycles. The van der Waals surface area contributed by atoms with Gasteiger partial charge in [-0.15, -0.1) is 0 Å². The average Bonchev–Trinajstić information content (AvgIpc) is 2.47. The number of phenolic OH excluding ortho intramolecular Hbond substituents is 1. The largest absolute Gasteiger partial charge is 0.507 e. The van der Waals surface area contributed by atoms with Gasteiger partial charge in [0.2, 0.25) is 0 Å². The topological polar surface area (TPSA) is 49.3 Å². The van der Waals surface area contributed by atoms with Crippen molar-refractivity contribution in [1.29, 1.82) is 0 Å². The van der Waals surface area contributed by atoms with Crippen molar-refractivity contribution in [3.8, 4) is 5.75 Å². The zero-order chi connectivity index (χ0) is 15.2. The number of allylic oxidation sites excluding steroid dienone is 3. The number of aromatic hydroxyl groups is 1. The lowest BCUT2D eigenvalue weighted by molar-refractivity contribution is 0.0964. The summed E-state index contributed by atoms with van der Waals surface area (Å²) in [5.74, 6) is -0.321. The number of hydrogen-bond acceptors (Lipinski definition) is 2. The van der Waals surface area contributed by atoms with Crippen LogP contribution in [0.3, 0.4) is 0 Å². The van der Waals surface area contributed by atoms with Gasteiger partial charge in [-0.2, -0.15) is 0 Å². The van der Waals surface area contributed by atoms with Crippen molar-refractivity contribution in [2.24, 2.45) is 0 Å². The van der Waals surface area contributed by atoms with Crippen LogP contribution in [-0.2, 0) is 0 Å². The lowest BCUT2D eigenvalue weighted by Crippen LogP contribution is -2.22. The zero-order valence-electron chi connectivity index (χ0n) is 12.3. The van der Waals surface area contributed by atoms with E-state index in [4.69, 9.17) is 0 Å². The lowest BCUT2D eigenvalue weighted by Gasteiger charge is -2.09. The molecule has 108 valence electrons. The monoisotopic (exact) mass is 281 g/mol. The van der Waals surface area contributed by atoms with Gasteiger partial charge in [-0.05, 0) is 42.3 Å². The minimum atomic E-state index is -0.309. The molecule has 0 aliphatic heterocycles. The Bertz CT molecular complexity index is 714. The van der Waals surface area contributed by atoms with Gasteiger partial charge < -0.3 is 10.4 Å². The maximum Gasteiger partial charge on any atom is 0.259 e. The van der Waals surface area contributed by atoms with Crippen molar-refractivity contribution < 1.29 is 9.90 Å². The Balaban J connectivity index is 2.34. The number of hydrogen-bond donors (Lipinski definition) is 2. The molecule has 2 N–H and O–H groups in total. The summed E-state index contributed by atoms with van der Waals surface area (Å²) < 4.78 is 0. The smallest absolute Gasteiger partial charge is 0.259 e. The third-order valence-electron chi connectivity index (χ3n) is 3.14. The summed E-state index contributed by atoms with van der Waals surface area (Å²) >= 11 is 0. The number of rotatable bonds is 4. The fourth-order valence-electron chi connectivity index (χ4n) is 2.17. The summed E-state index contributed by atoms with van der Waals surface area (Å²) in [6.45, 7) is 3.90. The van der Waals surface area contributed by atoms with E-state index >= 15 is 0 Å². The number of benzene rings is 2. The molecule has 0 saturated carbocycles. The van der Waals surface area contributed by atoms with E-state index < -0.39 is 0 Å². The van der Waals surface area contributed by atoms with Crippen molar-refractivity contribution in [2.45, 2.75) is 20.3 Å². The molecular weight excluding hydrogens is 262 g/mol. The van der Waals surface area contributed by atoms with Gasteiger partial charge in [0.15, 0.2) is 0 Å². The number of carbonyl (C=O) groups excluding carboxylic acids is 1. The molecule has 2 rings (SSSR count). The Morgan fingerprint density at radius 3 is 2.52 bits per heavy atom. The van der Waals surface area contributed by atoms with Crippen LogP contribution in [0.15, 0.2) is 60.3 Å². The Morgan fingerprint density at radius 2 is 1.90 bits per heavy atom. The molecule has 0 spiro atoms. The number of amides is 1. The quantitative estimate of drug-likeness (QED) is 0.827. The van der Waals surface area contributed by atoms with Crippen molar-refractivity contribution in [1.82, 2.24) is 5.32 Å². The highest BCUT2D eigenvalue weighted by molar-refractivity contribution is 6.02. The van der Waals surface area contributed by atoms with Gasteiger partial charge in [0.1, 0.15) is 5.75 Å². The lowest BCUT2D eigenvalue weighted by atomic mass is 10.1. The van der Waals surface area contributed by atoms with E-state index in [-0.39, 0.29) is 17.2 Å². The molecule has 1 amide bonds. The molecule has 2 aromatic rings. The summed E-state index contributed by atoms with van der Waals surface area (Å²) in [4.78, 5) is 12.3. The van der Waals surface area contributed by atoms with Crippen molar-refractivity contribution >= 4 is 16.7 Å². The molecule has 0 bridgehead atoms.